The molecular weight excluding hydrogens is 222 g/mol. The third-order valence-corrected chi connectivity index (χ3v) is 3.21. The zero-order chi connectivity index (χ0) is 12.7. The lowest BCUT2D eigenvalue weighted by Crippen LogP contribution is -2.44. The van der Waals surface area contributed by atoms with E-state index in [1.54, 1.807) is 0 Å². The first-order valence-electron chi connectivity index (χ1n) is 4.44. The minimum atomic E-state index is -4.61. The second-order valence-electron chi connectivity index (χ2n) is 4.35. The molecule has 0 radical (unpaired) electrons. The number of alkyl halides is 6. The number of rotatable bonds is 2. The van der Waals surface area contributed by atoms with E-state index in [1.807, 2.05) is 0 Å². The fourth-order valence-corrected chi connectivity index (χ4v) is 1.22. The Morgan fingerprint density at radius 3 is 1.00 bits per heavy atom. The van der Waals surface area contributed by atoms with Crippen molar-refractivity contribution >= 4 is 0 Å². The molecule has 0 N–H and O–H groups in total. The van der Waals surface area contributed by atoms with Crippen LogP contribution in [0.3, 0.4) is 0 Å². The molecule has 0 saturated carbocycles. The van der Waals surface area contributed by atoms with Crippen molar-refractivity contribution in [1.29, 1.82) is 0 Å². The van der Waals surface area contributed by atoms with Crippen molar-refractivity contribution in [3.05, 3.63) is 0 Å². The highest BCUT2D eigenvalue weighted by Crippen LogP contribution is 2.49. The fourth-order valence-electron chi connectivity index (χ4n) is 1.22. The predicted octanol–water partition coefficient (Wildman–Crippen LogP) is 4.41. The van der Waals surface area contributed by atoms with E-state index in [1.165, 1.54) is 0 Å². The standard InChI is InChI=1S/C9H14F6/c1-5(8(10,11)12)7(3,4)6(2)9(13,14)15/h5-6H,1-4H3. The van der Waals surface area contributed by atoms with Crippen LogP contribution in [0.4, 0.5) is 26.3 Å². The summed E-state index contributed by atoms with van der Waals surface area (Å²) in [4.78, 5) is 0. The summed E-state index contributed by atoms with van der Waals surface area (Å²) in [6.45, 7) is 3.54. The van der Waals surface area contributed by atoms with Crippen molar-refractivity contribution in [1.82, 2.24) is 0 Å². The lowest BCUT2D eigenvalue weighted by Gasteiger charge is -2.39. The Hall–Kier alpha value is -0.420. The Labute approximate surface area is 84.7 Å². The molecule has 0 bridgehead atoms. The van der Waals surface area contributed by atoms with Gasteiger partial charge in [0.25, 0.3) is 0 Å². The molecule has 0 aromatic rings. The molecule has 2 unspecified atom stereocenters. The monoisotopic (exact) mass is 236 g/mol. The molecule has 0 aliphatic rings. The van der Waals surface area contributed by atoms with Crippen molar-refractivity contribution in [2.45, 2.75) is 40.0 Å². The number of halogens is 6. The molecular formula is C9H14F6. The highest BCUT2D eigenvalue weighted by molar-refractivity contribution is 4.87. The first-order chi connectivity index (χ1) is 6.31. The van der Waals surface area contributed by atoms with E-state index in [4.69, 9.17) is 0 Å². The molecule has 0 spiro atoms. The smallest absolute Gasteiger partial charge is 0.171 e. The number of hydrogen-bond acceptors (Lipinski definition) is 0. The van der Waals surface area contributed by atoms with Gasteiger partial charge >= 0.3 is 12.4 Å². The molecule has 2 atom stereocenters. The van der Waals surface area contributed by atoms with Gasteiger partial charge in [-0.2, -0.15) is 26.3 Å². The van der Waals surface area contributed by atoms with Crippen LogP contribution in [0.5, 0.6) is 0 Å². The van der Waals surface area contributed by atoms with Crippen LogP contribution in [-0.2, 0) is 0 Å². The summed E-state index contributed by atoms with van der Waals surface area (Å²) in [6.07, 6.45) is -9.22. The molecule has 92 valence electrons. The third kappa shape index (κ3) is 3.28. The van der Waals surface area contributed by atoms with E-state index < -0.39 is 29.6 Å². The molecule has 0 fully saturated rings. The van der Waals surface area contributed by atoms with Crippen LogP contribution in [0, 0.1) is 17.3 Å². The maximum absolute atomic E-state index is 12.3. The minimum absolute atomic E-state index is 0.780. The van der Waals surface area contributed by atoms with Crippen LogP contribution < -0.4 is 0 Å². The van der Waals surface area contributed by atoms with Gasteiger partial charge in [0.2, 0.25) is 0 Å². The zero-order valence-corrected chi connectivity index (χ0v) is 8.92. The molecule has 0 aliphatic carbocycles. The normalized spacial score (nSPS) is 18.8. The summed E-state index contributed by atoms with van der Waals surface area (Å²) in [5.41, 5.74) is -1.86. The predicted molar refractivity (Wildman–Crippen MR) is 44.2 cm³/mol. The summed E-state index contributed by atoms with van der Waals surface area (Å²) in [5, 5.41) is 0. The van der Waals surface area contributed by atoms with Gasteiger partial charge in [-0.05, 0) is 5.41 Å². The Kier molecular flexibility index (Phi) is 3.76. The highest BCUT2D eigenvalue weighted by atomic mass is 19.4. The van der Waals surface area contributed by atoms with Crippen molar-refractivity contribution < 1.29 is 26.3 Å². The maximum atomic E-state index is 12.3. The molecule has 15 heavy (non-hydrogen) atoms. The highest BCUT2D eigenvalue weighted by Gasteiger charge is 2.54. The molecule has 0 saturated heterocycles. The molecule has 0 nitrogen and oxygen atoms in total. The van der Waals surface area contributed by atoms with Gasteiger partial charge in [0.15, 0.2) is 0 Å². The van der Waals surface area contributed by atoms with Crippen molar-refractivity contribution in [3.63, 3.8) is 0 Å². The lowest BCUT2D eigenvalue weighted by atomic mass is 9.70. The summed E-state index contributed by atoms with van der Waals surface area (Å²) in [6, 6.07) is 0. The van der Waals surface area contributed by atoms with Crippen LogP contribution in [-0.4, -0.2) is 12.4 Å². The van der Waals surface area contributed by atoms with E-state index in [-0.39, 0.29) is 0 Å². The maximum Gasteiger partial charge on any atom is 0.392 e. The van der Waals surface area contributed by atoms with Crippen molar-refractivity contribution in [2.75, 3.05) is 0 Å². The average Bonchev–Trinajstić information content (AvgIpc) is 1.98. The van der Waals surface area contributed by atoms with E-state index in [0.29, 0.717) is 0 Å². The second kappa shape index (κ2) is 3.87. The zero-order valence-electron chi connectivity index (χ0n) is 8.92. The lowest BCUT2D eigenvalue weighted by molar-refractivity contribution is -0.247. The number of hydrogen-bond donors (Lipinski definition) is 0. The van der Waals surface area contributed by atoms with Gasteiger partial charge in [0, 0.05) is 0 Å². The van der Waals surface area contributed by atoms with Crippen molar-refractivity contribution in [3.8, 4) is 0 Å². The molecule has 0 heterocycles. The fraction of sp³-hybridized carbons (Fsp3) is 1.00. The average molecular weight is 236 g/mol. The molecule has 0 aromatic carbocycles. The van der Waals surface area contributed by atoms with E-state index in [0.717, 1.165) is 27.7 Å². The molecule has 0 rings (SSSR count). The van der Waals surface area contributed by atoms with Gasteiger partial charge in [0.1, 0.15) is 0 Å². The molecule has 0 amide bonds. The van der Waals surface area contributed by atoms with Crippen LogP contribution in [0.1, 0.15) is 27.7 Å². The van der Waals surface area contributed by atoms with E-state index in [2.05, 4.69) is 0 Å². The quantitative estimate of drug-likeness (QED) is 0.623. The Balaban J connectivity index is 4.98. The van der Waals surface area contributed by atoms with Gasteiger partial charge in [-0.15, -0.1) is 0 Å². The van der Waals surface area contributed by atoms with Crippen LogP contribution >= 0.6 is 0 Å². The summed E-state index contributed by atoms with van der Waals surface area (Å²) < 4.78 is 74.0. The van der Waals surface area contributed by atoms with Crippen LogP contribution in [0.25, 0.3) is 0 Å². The SMILES string of the molecule is CC(C(F)(F)F)C(C)(C)C(C)C(F)(F)F. The summed E-state index contributed by atoms with van der Waals surface area (Å²) in [7, 11) is 0. The van der Waals surface area contributed by atoms with Crippen LogP contribution in [0.15, 0.2) is 0 Å². The Bertz CT molecular complexity index is 190. The Morgan fingerprint density at radius 2 is 0.867 bits per heavy atom. The molecule has 0 aromatic heterocycles. The van der Waals surface area contributed by atoms with Crippen molar-refractivity contribution in [2.24, 2.45) is 17.3 Å². The summed E-state index contributed by atoms with van der Waals surface area (Å²) in [5.74, 6) is -4.00. The topological polar surface area (TPSA) is 0 Å². The van der Waals surface area contributed by atoms with Crippen LogP contribution in [0.2, 0.25) is 0 Å². The first kappa shape index (κ1) is 14.6. The van der Waals surface area contributed by atoms with Gasteiger partial charge in [-0.25, -0.2) is 0 Å². The van der Waals surface area contributed by atoms with Gasteiger partial charge in [-0.1, -0.05) is 27.7 Å². The van der Waals surface area contributed by atoms with E-state index >= 15 is 0 Å². The molecule has 6 heteroatoms. The summed E-state index contributed by atoms with van der Waals surface area (Å²) >= 11 is 0. The minimum Gasteiger partial charge on any atom is -0.171 e. The largest absolute Gasteiger partial charge is 0.392 e. The third-order valence-electron chi connectivity index (χ3n) is 3.21. The van der Waals surface area contributed by atoms with Gasteiger partial charge in [0.05, 0.1) is 11.8 Å². The second-order valence-corrected chi connectivity index (χ2v) is 4.35. The Morgan fingerprint density at radius 1 is 0.667 bits per heavy atom. The van der Waals surface area contributed by atoms with E-state index in [9.17, 15) is 26.3 Å². The van der Waals surface area contributed by atoms with Gasteiger partial charge < -0.3 is 0 Å². The molecule has 0 aliphatic heterocycles. The first-order valence-corrected chi connectivity index (χ1v) is 4.44. The van der Waals surface area contributed by atoms with Gasteiger partial charge in [-0.3, -0.25) is 0 Å².